The summed E-state index contributed by atoms with van der Waals surface area (Å²) in [5, 5.41) is 7.42. The third-order valence-electron chi connectivity index (χ3n) is 10.4. The Balaban J connectivity index is 1.39. The highest BCUT2D eigenvalue weighted by Gasteiger charge is 2.49. The standard InChI is InChI=1S/C46H40O2Si/c1-5-31-29-43-39(37-27-15-19-33-17-7-9-21-35(33)37)23-11-13-25-41(43)45(31)49(47-3,48-4)46-32(6-2)30-44-40(24-12-14-26-42(44)46)38-28-16-20-34-18-8-10-22-36(34)38/h7-30H,5-6H2,1-4H3. The molecule has 4 aliphatic rings. The van der Waals surface area contributed by atoms with Gasteiger partial charge in [-0.1, -0.05) is 159 Å². The van der Waals surface area contributed by atoms with Crippen molar-refractivity contribution < 1.29 is 8.85 Å². The summed E-state index contributed by atoms with van der Waals surface area (Å²) in [7, 11) is 0.434. The first-order valence-corrected chi connectivity index (χ1v) is 19.1. The smallest absolute Gasteiger partial charge is 0.391 e. The normalized spacial score (nSPS) is 12.0. The second kappa shape index (κ2) is 12.8. The lowest BCUT2D eigenvalue weighted by Crippen LogP contribution is -2.64. The van der Waals surface area contributed by atoms with Crippen molar-refractivity contribution in [3.63, 3.8) is 0 Å². The van der Waals surface area contributed by atoms with Gasteiger partial charge in [-0.05, 0) is 90.0 Å². The molecule has 0 radical (unpaired) electrons. The summed E-state index contributed by atoms with van der Waals surface area (Å²) in [5.41, 5.74) is 12.3. The second-order valence-electron chi connectivity index (χ2n) is 12.8. The van der Waals surface area contributed by atoms with Crippen LogP contribution in [0.2, 0.25) is 0 Å². The summed E-state index contributed by atoms with van der Waals surface area (Å²) in [6.45, 7) is 4.50. The van der Waals surface area contributed by atoms with E-state index in [9.17, 15) is 0 Å². The van der Waals surface area contributed by atoms with E-state index in [0.29, 0.717) is 0 Å². The van der Waals surface area contributed by atoms with Crippen LogP contribution in [0.3, 0.4) is 0 Å². The molecule has 0 amide bonds. The molecule has 4 aromatic carbocycles. The lowest BCUT2D eigenvalue weighted by molar-refractivity contribution is 0.272. The predicted molar refractivity (Wildman–Crippen MR) is 210 cm³/mol. The molecule has 0 atom stereocenters. The summed E-state index contributed by atoms with van der Waals surface area (Å²) in [4.78, 5) is 0. The Morgan fingerprint density at radius 2 is 0.735 bits per heavy atom. The molecule has 2 nitrogen and oxygen atoms in total. The third-order valence-corrected chi connectivity index (χ3v) is 14.1. The van der Waals surface area contributed by atoms with Crippen molar-refractivity contribution in [1.29, 1.82) is 0 Å². The monoisotopic (exact) mass is 652 g/mol. The van der Waals surface area contributed by atoms with E-state index in [1.807, 2.05) is 14.2 Å². The molecular formula is C46H40O2Si. The van der Waals surface area contributed by atoms with Crippen molar-refractivity contribution in [1.82, 2.24) is 0 Å². The second-order valence-corrected chi connectivity index (χ2v) is 15.8. The molecule has 0 spiro atoms. The molecule has 8 rings (SSSR count). The number of hydrogen-bond donors (Lipinski definition) is 0. The van der Waals surface area contributed by atoms with Gasteiger partial charge < -0.3 is 8.85 Å². The van der Waals surface area contributed by atoms with E-state index in [1.54, 1.807) is 0 Å². The molecule has 0 saturated carbocycles. The van der Waals surface area contributed by atoms with Gasteiger partial charge in [0.05, 0.1) is 0 Å². The van der Waals surface area contributed by atoms with Gasteiger partial charge in [-0.3, -0.25) is 0 Å². The van der Waals surface area contributed by atoms with Crippen molar-refractivity contribution in [3.8, 4) is 44.5 Å². The Bertz CT molecular complexity index is 2230. The molecule has 49 heavy (non-hydrogen) atoms. The van der Waals surface area contributed by atoms with Crippen LogP contribution in [0.15, 0.2) is 146 Å². The van der Waals surface area contributed by atoms with Crippen LogP contribution in [0.5, 0.6) is 0 Å². The zero-order chi connectivity index (χ0) is 33.5. The van der Waals surface area contributed by atoms with E-state index in [2.05, 4.69) is 159 Å². The van der Waals surface area contributed by atoms with Crippen molar-refractivity contribution in [3.05, 3.63) is 157 Å². The fourth-order valence-corrected chi connectivity index (χ4v) is 11.9. The largest absolute Gasteiger partial charge is 0.408 e. The SMILES string of the molecule is CCc1cc2c(-c3cccc4ccccc34)ccccc-2c1[Si](OC)(OC)c1c(CC)cc2c(-c3cccc4ccccc34)ccccc1-2. The maximum atomic E-state index is 6.89. The fraction of sp³-hybridized carbons (Fsp3) is 0.130. The molecule has 0 aromatic heterocycles. The lowest BCUT2D eigenvalue weighted by atomic mass is 9.95. The van der Waals surface area contributed by atoms with Crippen LogP contribution in [0.4, 0.5) is 0 Å². The Labute approximate surface area is 290 Å². The van der Waals surface area contributed by atoms with Crippen LogP contribution < -0.4 is 10.4 Å². The minimum Gasteiger partial charge on any atom is -0.391 e. The van der Waals surface area contributed by atoms with E-state index in [4.69, 9.17) is 8.85 Å². The summed E-state index contributed by atoms with van der Waals surface area (Å²) in [6, 6.07) is 53.1. The van der Waals surface area contributed by atoms with Crippen molar-refractivity contribution in [2.75, 3.05) is 14.2 Å². The highest BCUT2D eigenvalue weighted by Crippen LogP contribution is 2.42. The molecule has 0 saturated heterocycles. The molecule has 4 aromatic rings. The van der Waals surface area contributed by atoms with Gasteiger partial charge in [-0.2, -0.15) is 0 Å². The molecular weight excluding hydrogens is 613 g/mol. The van der Waals surface area contributed by atoms with Crippen LogP contribution in [-0.2, 0) is 21.7 Å². The van der Waals surface area contributed by atoms with Crippen LogP contribution in [0.25, 0.3) is 66.1 Å². The number of aryl methyl sites for hydroxylation is 2. The van der Waals surface area contributed by atoms with Gasteiger partial charge in [-0.15, -0.1) is 0 Å². The summed E-state index contributed by atoms with van der Waals surface area (Å²) >= 11 is 0. The predicted octanol–water partition coefficient (Wildman–Crippen LogP) is 10.5. The molecule has 3 heteroatoms. The van der Waals surface area contributed by atoms with Crippen molar-refractivity contribution >= 4 is 40.5 Å². The number of hydrogen-bond acceptors (Lipinski definition) is 2. The number of fused-ring (bicyclic) bond motifs is 4. The minimum atomic E-state index is -3.28. The fourth-order valence-electron chi connectivity index (χ4n) is 8.18. The molecule has 0 unspecified atom stereocenters. The highest BCUT2D eigenvalue weighted by molar-refractivity contribution is 6.95. The first-order valence-electron chi connectivity index (χ1n) is 17.3. The van der Waals surface area contributed by atoms with E-state index in [-0.39, 0.29) is 0 Å². The Hall–Kier alpha value is -5.06. The van der Waals surface area contributed by atoms with Gasteiger partial charge in [0, 0.05) is 24.6 Å². The van der Waals surface area contributed by atoms with Crippen molar-refractivity contribution in [2.45, 2.75) is 26.7 Å². The number of rotatable bonds is 8. The maximum absolute atomic E-state index is 6.89. The molecule has 0 fully saturated rings. The molecule has 0 N–H and O–H groups in total. The molecule has 4 aliphatic carbocycles. The summed E-state index contributed by atoms with van der Waals surface area (Å²) in [6.07, 6.45) is 1.75. The third kappa shape index (κ3) is 4.92. The quantitative estimate of drug-likeness (QED) is 0.152. The summed E-state index contributed by atoms with van der Waals surface area (Å²) < 4.78 is 13.8. The van der Waals surface area contributed by atoms with Gasteiger partial charge in [0.15, 0.2) is 0 Å². The van der Waals surface area contributed by atoms with E-state index < -0.39 is 8.56 Å². The Morgan fingerprint density at radius 3 is 1.14 bits per heavy atom. The molecule has 0 bridgehead atoms. The summed E-state index contributed by atoms with van der Waals surface area (Å²) in [5.74, 6) is 0. The first-order chi connectivity index (χ1) is 24.1. The van der Waals surface area contributed by atoms with Crippen LogP contribution in [0.1, 0.15) is 25.0 Å². The minimum absolute atomic E-state index is 0.874. The lowest BCUT2D eigenvalue weighted by Gasteiger charge is -2.31. The Morgan fingerprint density at radius 1 is 0.388 bits per heavy atom. The molecule has 240 valence electrons. The zero-order valence-electron chi connectivity index (χ0n) is 28.6. The van der Waals surface area contributed by atoms with Crippen molar-refractivity contribution in [2.24, 2.45) is 0 Å². The van der Waals surface area contributed by atoms with Gasteiger partial charge in [-0.25, -0.2) is 0 Å². The van der Waals surface area contributed by atoms with Crippen LogP contribution >= 0.6 is 0 Å². The van der Waals surface area contributed by atoms with E-state index in [0.717, 1.165) is 12.8 Å². The van der Waals surface area contributed by atoms with Crippen LogP contribution in [0, 0.1) is 0 Å². The van der Waals surface area contributed by atoms with Gasteiger partial charge in [0.1, 0.15) is 0 Å². The van der Waals surface area contributed by atoms with Gasteiger partial charge >= 0.3 is 8.56 Å². The Kier molecular flexibility index (Phi) is 8.13. The van der Waals surface area contributed by atoms with E-state index in [1.165, 1.54) is 87.6 Å². The molecule has 0 heterocycles. The molecule has 0 aliphatic heterocycles. The van der Waals surface area contributed by atoms with Gasteiger partial charge in [0.25, 0.3) is 0 Å². The topological polar surface area (TPSA) is 18.5 Å². The first kappa shape index (κ1) is 31.2. The van der Waals surface area contributed by atoms with Crippen LogP contribution in [-0.4, -0.2) is 22.8 Å². The number of benzene rings is 4. The average Bonchev–Trinajstić information content (AvgIpc) is 3.54. The van der Waals surface area contributed by atoms with E-state index >= 15 is 0 Å². The van der Waals surface area contributed by atoms with Gasteiger partial charge in [0.2, 0.25) is 0 Å². The highest BCUT2D eigenvalue weighted by atomic mass is 28.4. The zero-order valence-corrected chi connectivity index (χ0v) is 29.6. The maximum Gasteiger partial charge on any atom is 0.408 e. The average molecular weight is 653 g/mol.